The summed E-state index contributed by atoms with van der Waals surface area (Å²) in [5, 5.41) is 3.38. The monoisotopic (exact) mass is 300 g/mol. The predicted molar refractivity (Wildman–Crippen MR) is 91.9 cm³/mol. The molecule has 0 saturated heterocycles. The van der Waals surface area contributed by atoms with Crippen LogP contribution in [0, 0.1) is 0 Å². The summed E-state index contributed by atoms with van der Waals surface area (Å²) in [6.45, 7) is 3.94. The SMILES string of the molecule is NC(=NCCN1CCc2ccccc2C1)NC1CCCCC1. The van der Waals surface area contributed by atoms with E-state index < -0.39 is 0 Å². The quantitative estimate of drug-likeness (QED) is 0.662. The van der Waals surface area contributed by atoms with Crippen LogP contribution in [0.25, 0.3) is 0 Å². The molecule has 22 heavy (non-hydrogen) atoms. The fourth-order valence-electron chi connectivity index (χ4n) is 3.56. The van der Waals surface area contributed by atoms with Crippen molar-refractivity contribution in [1.82, 2.24) is 10.2 Å². The standard InChI is InChI=1S/C18H28N4/c19-18(21-17-8-2-1-3-9-17)20-11-13-22-12-10-15-6-4-5-7-16(15)14-22/h4-7,17H,1-3,8-14H2,(H3,19,20,21). The number of guanidine groups is 1. The highest BCUT2D eigenvalue weighted by molar-refractivity contribution is 5.78. The normalized spacial score (nSPS) is 20.6. The van der Waals surface area contributed by atoms with Crippen molar-refractivity contribution >= 4 is 5.96 Å². The first kappa shape index (κ1) is 15.3. The van der Waals surface area contributed by atoms with E-state index in [4.69, 9.17) is 5.73 Å². The van der Waals surface area contributed by atoms with Crippen LogP contribution in [-0.2, 0) is 13.0 Å². The van der Waals surface area contributed by atoms with Gasteiger partial charge in [0, 0.05) is 25.7 Å². The first-order chi connectivity index (χ1) is 10.8. The first-order valence-electron chi connectivity index (χ1n) is 8.67. The molecule has 1 heterocycles. The summed E-state index contributed by atoms with van der Waals surface area (Å²) in [6, 6.07) is 9.29. The van der Waals surface area contributed by atoms with Crippen molar-refractivity contribution in [2.45, 2.75) is 51.1 Å². The molecule has 3 N–H and O–H groups in total. The van der Waals surface area contributed by atoms with E-state index in [0.717, 1.165) is 32.6 Å². The molecule has 0 atom stereocenters. The minimum atomic E-state index is 0.541. The molecule has 4 nitrogen and oxygen atoms in total. The number of hydrogen-bond acceptors (Lipinski definition) is 2. The third-order valence-corrected chi connectivity index (χ3v) is 4.87. The number of fused-ring (bicyclic) bond motifs is 1. The molecule has 2 aliphatic rings. The van der Waals surface area contributed by atoms with E-state index in [0.29, 0.717) is 12.0 Å². The van der Waals surface area contributed by atoms with Gasteiger partial charge in [-0.05, 0) is 30.4 Å². The van der Waals surface area contributed by atoms with Gasteiger partial charge in [-0.3, -0.25) is 9.89 Å². The second-order valence-corrected chi connectivity index (χ2v) is 6.54. The summed E-state index contributed by atoms with van der Waals surface area (Å²) in [5.41, 5.74) is 8.98. The van der Waals surface area contributed by atoms with Crippen molar-refractivity contribution < 1.29 is 0 Å². The van der Waals surface area contributed by atoms with E-state index in [9.17, 15) is 0 Å². The molecule has 4 heteroatoms. The van der Waals surface area contributed by atoms with Gasteiger partial charge in [0.1, 0.15) is 0 Å². The average molecular weight is 300 g/mol. The molecule has 1 aliphatic heterocycles. The van der Waals surface area contributed by atoms with E-state index in [-0.39, 0.29) is 0 Å². The fourth-order valence-corrected chi connectivity index (χ4v) is 3.56. The van der Waals surface area contributed by atoms with Crippen molar-refractivity contribution in [2.24, 2.45) is 10.7 Å². The number of nitrogens with two attached hydrogens (primary N) is 1. The van der Waals surface area contributed by atoms with Crippen LogP contribution < -0.4 is 11.1 Å². The van der Waals surface area contributed by atoms with Gasteiger partial charge < -0.3 is 11.1 Å². The highest BCUT2D eigenvalue weighted by atomic mass is 15.2. The van der Waals surface area contributed by atoms with Crippen LogP contribution in [0.15, 0.2) is 29.3 Å². The Bertz CT molecular complexity index is 506. The Labute approximate surface area is 133 Å². The molecular formula is C18H28N4. The molecule has 1 aliphatic carbocycles. The number of benzene rings is 1. The summed E-state index contributed by atoms with van der Waals surface area (Å²) in [7, 11) is 0. The molecule has 1 aromatic carbocycles. The number of aliphatic imine (C=N–C) groups is 1. The van der Waals surface area contributed by atoms with Gasteiger partial charge in [-0.25, -0.2) is 0 Å². The van der Waals surface area contributed by atoms with Crippen LogP contribution in [0.2, 0.25) is 0 Å². The molecule has 0 bridgehead atoms. The Morgan fingerprint density at radius 2 is 1.95 bits per heavy atom. The Balaban J connectivity index is 1.42. The van der Waals surface area contributed by atoms with Gasteiger partial charge in [0.15, 0.2) is 5.96 Å². The predicted octanol–water partition coefficient (Wildman–Crippen LogP) is 2.28. The van der Waals surface area contributed by atoms with E-state index in [1.54, 1.807) is 0 Å². The second kappa shape index (κ2) is 7.63. The van der Waals surface area contributed by atoms with E-state index >= 15 is 0 Å². The molecule has 0 unspecified atom stereocenters. The lowest BCUT2D eigenvalue weighted by atomic mass is 9.96. The molecule has 120 valence electrons. The van der Waals surface area contributed by atoms with Crippen LogP contribution in [0.1, 0.15) is 43.2 Å². The van der Waals surface area contributed by atoms with Crippen molar-refractivity contribution in [3.8, 4) is 0 Å². The summed E-state index contributed by atoms with van der Waals surface area (Å²) in [6.07, 6.45) is 7.62. The minimum absolute atomic E-state index is 0.541. The van der Waals surface area contributed by atoms with Crippen molar-refractivity contribution in [1.29, 1.82) is 0 Å². The Morgan fingerprint density at radius 1 is 1.18 bits per heavy atom. The lowest BCUT2D eigenvalue weighted by molar-refractivity contribution is 0.261. The molecule has 0 amide bonds. The van der Waals surface area contributed by atoms with Gasteiger partial charge in [0.2, 0.25) is 0 Å². The van der Waals surface area contributed by atoms with E-state index in [1.807, 2.05) is 0 Å². The first-order valence-corrected chi connectivity index (χ1v) is 8.67. The maximum Gasteiger partial charge on any atom is 0.188 e. The molecule has 0 aromatic heterocycles. The van der Waals surface area contributed by atoms with Gasteiger partial charge >= 0.3 is 0 Å². The Hall–Kier alpha value is -1.55. The zero-order valence-electron chi connectivity index (χ0n) is 13.4. The maximum absolute atomic E-state index is 6.02. The smallest absolute Gasteiger partial charge is 0.188 e. The van der Waals surface area contributed by atoms with Crippen molar-refractivity contribution in [3.05, 3.63) is 35.4 Å². The lowest BCUT2D eigenvalue weighted by Crippen LogP contribution is -2.41. The Morgan fingerprint density at radius 3 is 2.77 bits per heavy atom. The molecule has 3 rings (SSSR count). The highest BCUT2D eigenvalue weighted by Crippen LogP contribution is 2.18. The summed E-state index contributed by atoms with van der Waals surface area (Å²) in [4.78, 5) is 6.98. The van der Waals surface area contributed by atoms with Crippen LogP contribution in [0.3, 0.4) is 0 Å². The molecular weight excluding hydrogens is 272 g/mol. The third-order valence-electron chi connectivity index (χ3n) is 4.87. The van der Waals surface area contributed by atoms with E-state index in [2.05, 4.69) is 39.5 Å². The number of hydrogen-bond donors (Lipinski definition) is 2. The largest absolute Gasteiger partial charge is 0.370 e. The van der Waals surface area contributed by atoms with Gasteiger partial charge in [-0.2, -0.15) is 0 Å². The second-order valence-electron chi connectivity index (χ2n) is 6.54. The zero-order valence-corrected chi connectivity index (χ0v) is 13.4. The molecule has 1 fully saturated rings. The van der Waals surface area contributed by atoms with E-state index in [1.165, 1.54) is 43.2 Å². The lowest BCUT2D eigenvalue weighted by Gasteiger charge is -2.28. The fraction of sp³-hybridized carbons (Fsp3) is 0.611. The average Bonchev–Trinajstić information content (AvgIpc) is 2.55. The number of nitrogens with zero attached hydrogens (tertiary/aromatic N) is 2. The van der Waals surface area contributed by atoms with Gasteiger partial charge in [0.25, 0.3) is 0 Å². The number of rotatable bonds is 4. The highest BCUT2D eigenvalue weighted by Gasteiger charge is 2.15. The molecule has 1 saturated carbocycles. The molecule has 0 spiro atoms. The van der Waals surface area contributed by atoms with Gasteiger partial charge in [-0.15, -0.1) is 0 Å². The summed E-state index contributed by atoms with van der Waals surface area (Å²) >= 11 is 0. The molecule has 1 aromatic rings. The molecule has 0 radical (unpaired) electrons. The van der Waals surface area contributed by atoms with Gasteiger partial charge in [0.05, 0.1) is 6.54 Å². The van der Waals surface area contributed by atoms with Crippen LogP contribution in [0.4, 0.5) is 0 Å². The van der Waals surface area contributed by atoms with Crippen LogP contribution in [-0.4, -0.2) is 36.5 Å². The number of nitrogens with one attached hydrogen (secondary N) is 1. The maximum atomic E-state index is 6.02. The van der Waals surface area contributed by atoms with Crippen LogP contribution >= 0.6 is 0 Å². The zero-order chi connectivity index (χ0) is 15.2. The van der Waals surface area contributed by atoms with Crippen LogP contribution in [0.5, 0.6) is 0 Å². The van der Waals surface area contributed by atoms with Crippen molar-refractivity contribution in [2.75, 3.05) is 19.6 Å². The summed E-state index contributed by atoms with van der Waals surface area (Å²) in [5.74, 6) is 0.629. The Kier molecular flexibility index (Phi) is 5.33. The van der Waals surface area contributed by atoms with Crippen molar-refractivity contribution in [3.63, 3.8) is 0 Å². The summed E-state index contributed by atoms with van der Waals surface area (Å²) < 4.78 is 0. The third kappa shape index (κ3) is 4.23. The topological polar surface area (TPSA) is 53.6 Å². The minimum Gasteiger partial charge on any atom is -0.370 e. The van der Waals surface area contributed by atoms with Gasteiger partial charge in [-0.1, -0.05) is 43.5 Å².